The zero-order valence-corrected chi connectivity index (χ0v) is 11.7. The molecule has 1 aromatic carbocycles. The molecule has 3 nitrogen and oxygen atoms in total. The molecule has 3 N–H and O–H groups in total. The highest BCUT2D eigenvalue weighted by atomic mass is 16.3. The van der Waals surface area contributed by atoms with Crippen LogP contribution in [0, 0.1) is 12.3 Å². The van der Waals surface area contributed by atoms with Crippen molar-refractivity contribution in [2.75, 3.05) is 13.2 Å². The summed E-state index contributed by atoms with van der Waals surface area (Å²) in [6.07, 6.45) is 2.02. The summed E-state index contributed by atoms with van der Waals surface area (Å²) < 4.78 is 0. The molecule has 0 atom stereocenters. The Bertz CT molecular complexity index is 375. The van der Waals surface area contributed by atoms with Crippen LogP contribution in [0.15, 0.2) is 18.2 Å². The van der Waals surface area contributed by atoms with E-state index in [0.29, 0.717) is 12.3 Å². The molecule has 1 rings (SSSR count). The van der Waals surface area contributed by atoms with Gasteiger partial charge in [-0.15, -0.1) is 0 Å². The van der Waals surface area contributed by atoms with E-state index in [1.165, 1.54) is 0 Å². The first-order valence-electron chi connectivity index (χ1n) is 6.55. The quantitative estimate of drug-likeness (QED) is 0.653. The third-order valence-electron chi connectivity index (χ3n) is 3.27. The molecule has 0 aliphatic heterocycles. The molecule has 0 heterocycles. The first-order chi connectivity index (χ1) is 8.46. The number of aliphatic hydroxyl groups is 1. The van der Waals surface area contributed by atoms with E-state index in [1.54, 1.807) is 0 Å². The van der Waals surface area contributed by atoms with Gasteiger partial charge in [-0.1, -0.05) is 32.0 Å². The van der Waals surface area contributed by atoms with Crippen LogP contribution in [-0.2, 0) is 6.54 Å². The number of rotatable bonds is 7. The maximum Gasteiger partial charge on any atom is 0.122 e. The van der Waals surface area contributed by atoms with E-state index in [2.05, 4.69) is 19.2 Å². The lowest BCUT2D eigenvalue weighted by molar-refractivity contribution is 0.148. The van der Waals surface area contributed by atoms with Crippen molar-refractivity contribution in [3.8, 4) is 5.75 Å². The highest BCUT2D eigenvalue weighted by Crippen LogP contribution is 2.22. The van der Waals surface area contributed by atoms with Crippen LogP contribution in [0.2, 0.25) is 0 Å². The summed E-state index contributed by atoms with van der Waals surface area (Å²) in [5.74, 6) is 0.390. The van der Waals surface area contributed by atoms with Crippen LogP contribution in [0.25, 0.3) is 0 Å². The summed E-state index contributed by atoms with van der Waals surface area (Å²) in [7, 11) is 0. The van der Waals surface area contributed by atoms with Gasteiger partial charge in [-0.25, -0.2) is 0 Å². The Morgan fingerprint density at radius 3 is 2.67 bits per heavy atom. The molecule has 0 radical (unpaired) electrons. The first kappa shape index (κ1) is 15.0. The molecule has 102 valence electrons. The molecule has 0 aliphatic carbocycles. The number of hydrogen-bond donors (Lipinski definition) is 3. The fourth-order valence-corrected chi connectivity index (χ4v) is 1.86. The van der Waals surface area contributed by atoms with Crippen molar-refractivity contribution in [3.05, 3.63) is 29.3 Å². The Labute approximate surface area is 110 Å². The molecule has 3 heteroatoms. The van der Waals surface area contributed by atoms with Gasteiger partial charge >= 0.3 is 0 Å². The highest BCUT2D eigenvalue weighted by Gasteiger charge is 2.15. The highest BCUT2D eigenvalue weighted by molar-refractivity contribution is 5.39. The summed E-state index contributed by atoms with van der Waals surface area (Å²) in [6.45, 7) is 7.86. The fourth-order valence-electron chi connectivity index (χ4n) is 1.86. The fraction of sp³-hybridized carbons (Fsp3) is 0.600. The van der Waals surface area contributed by atoms with Crippen LogP contribution in [-0.4, -0.2) is 23.4 Å². The second-order valence-electron chi connectivity index (χ2n) is 5.69. The predicted octanol–water partition coefficient (Wildman–Crippen LogP) is 2.59. The van der Waals surface area contributed by atoms with Crippen molar-refractivity contribution in [1.82, 2.24) is 5.32 Å². The van der Waals surface area contributed by atoms with Crippen LogP contribution in [0.5, 0.6) is 5.75 Å². The number of hydrogen-bond acceptors (Lipinski definition) is 3. The molecule has 0 unspecified atom stereocenters. The third kappa shape index (κ3) is 4.67. The second kappa shape index (κ2) is 6.76. The van der Waals surface area contributed by atoms with Gasteiger partial charge in [0.05, 0.1) is 0 Å². The molecule has 1 aromatic rings. The molecule has 0 saturated carbocycles. The van der Waals surface area contributed by atoms with Crippen molar-refractivity contribution in [1.29, 1.82) is 0 Å². The first-order valence-corrected chi connectivity index (χ1v) is 6.55. The molecule has 0 aliphatic rings. The van der Waals surface area contributed by atoms with Crippen molar-refractivity contribution < 1.29 is 10.2 Å². The van der Waals surface area contributed by atoms with E-state index >= 15 is 0 Å². The molecule has 0 amide bonds. The maximum absolute atomic E-state index is 9.85. The minimum atomic E-state index is 0.00710. The van der Waals surface area contributed by atoms with Gasteiger partial charge in [0.15, 0.2) is 0 Å². The van der Waals surface area contributed by atoms with Crippen molar-refractivity contribution in [2.45, 2.75) is 40.2 Å². The SMILES string of the molecule is Cc1cccc(CNCCCC(C)(C)CO)c1O. The molecule has 0 bridgehead atoms. The summed E-state index contributed by atoms with van der Waals surface area (Å²) in [5.41, 5.74) is 1.86. The summed E-state index contributed by atoms with van der Waals surface area (Å²) in [6, 6.07) is 5.80. The Kier molecular flexibility index (Phi) is 5.63. The maximum atomic E-state index is 9.85. The minimum absolute atomic E-state index is 0.00710. The molecular weight excluding hydrogens is 226 g/mol. The second-order valence-corrected chi connectivity index (χ2v) is 5.69. The lowest BCUT2D eigenvalue weighted by Crippen LogP contribution is -2.21. The number of phenols is 1. The third-order valence-corrected chi connectivity index (χ3v) is 3.27. The average Bonchev–Trinajstić information content (AvgIpc) is 2.34. The Hall–Kier alpha value is -1.06. The van der Waals surface area contributed by atoms with Crippen LogP contribution in [0.3, 0.4) is 0 Å². The van der Waals surface area contributed by atoms with Crippen LogP contribution in [0.4, 0.5) is 0 Å². The number of aryl methyl sites for hydroxylation is 1. The number of aliphatic hydroxyl groups excluding tert-OH is 1. The number of para-hydroxylation sites is 1. The van der Waals surface area contributed by atoms with E-state index in [4.69, 9.17) is 5.11 Å². The molecule has 0 saturated heterocycles. The summed E-state index contributed by atoms with van der Waals surface area (Å²) in [5, 5.41) is 22.3. The molecule has 0 aromatic heterocycles. The van der Waals surface area contributed by atoms with E-state index in [1.807, 2.05) is 25.1 Å². The Balaban J connectivity index is 2.28. The molecule has 18 heavy (non-hydrogen) atoms. The smallest absolute Gasteiger partial charge is 0.122 e. The standard InChI is InChI=1S/C15H25NO2/c1-12-6-4-7-13(14(12)18)10-16-9-5-8-15(2,3)11-17/h4,6-7,16-18H,5,8-11H2,1-3H3. The van der Waals surface area contributed by atoms with E-state index in [-0.39, 0.29) is 12.0 Å². The number of nitrogens with one attached hydrogen (secondary N) is 1. The van der Waals surface area contributed by atoms with E-state index < -0.39 is 0 Å². The van der Waals surface area contributed by atoms with Gasteiger partial charge < -0.3 is 15.5 Å². The molecular formula is C15H25NO2. The minimum Gasteiger partial charge on any atom is -0.507 e. The van der Waals surface area contributed by atoms with Crippen LogP contribution >= 0.6 is 0 Å². The van der Waals surface area contributed by atoms with E-state index in [9.17, 15) is 5.11 Å². The van der Waals surface area contributed by atoms with Crippen molar-refractivity contribution in [2.24, 2.45) is 5.41 Å². The number of benzene rings is 1. The van der Waals surface area contributed by atoms with Crippen molar-refractivity contribution >= 4 is 0 Å². The summed E-state index contributed by atoms with van der Waals surface area (Å²) in [4.78, 5) is 0. The normalized spacial score (nSPS) is 11.8. The van der Waals surface area contributed by atoms with Gasteiger partial charge in [-0.2, -0.15) is 0 Å². The van der Waals surface area contributed by atoms with Crippen molar-refractivity contribution in [3.63, 3.8) is 0 Å². The van der Waals surface area contributed by atoms with Gasteiger partial charge in [0.2, 0.25) is 0 Å². The lowest BCUT2D eigenvalue weighted by Gasteiger charge is -2.21. The topological polar surface area (TPSA) is 52.5 Å². The number of aromatic hydroxyl groups is 1. The largest absolute Gasteiger partial charge is 0.507 e. The van der Waals surface area contributed by atoms with Gasteiger partial charge in [-0.05, 0) is 37.3 Å². The summed E-state index contributed by atoms with van der Waals surface area (Å²) >= 11 is 0. The van der Waals surface area contributed by atoms with Crippen LogP contribution < -0.4 is 5.32 Å². The molecule has 0 fully saturated rings. The lowest BCUT2D eigenvalue weighted by atomic mass is 9.89. The zero-order valence-electron chi connectivity index (χ0n) is 11.7. The van der Waals surface area contributed by atoms with Gasteiger partial charge in [0.1, 0.15) is 5.75 Å². The number of phenolic OH excluding ortho intramolecular Hbond substituents is 1. The zero-order chi connectivity index (χ0) is 13.6. The van der Waals surface area contributed by atoms with Gasteiger partial charge in [0.25, 0.3) is 0 Å². The van der Waals surface area contributed by atoms with Gasteiger partial charge in [-0.3, -0.25) is 0 Å². The monoisotopic (exact) mass is 251 g/mol. The van der Waals surface area contributed by atoms with Crippen LogP contribution in [0.1, 0.15) is 37.8 Å². The molecule has 0 spiro atoms. The Morgan fingerprint density at radius 2 is 2.00 bits per heavy atom. The van der Waals surface area contributed by atoms with Gasteiger partial charge in [0, 0.05) is 18.7 Å². The average molecular weight is 251 g/mol. The van der Waals surface area contributed by atoms with E-state index in [0.717, 1.165) is 30.5 Å². The Morgan fingerprint density at radius 1 is 1.28 bits per heavy atom. The predicted molar refractivity (Wildman–Crippen MR) is 74.7 cm³/mol.